The van der Waals surface area contributed by atoms with Gasteiger partial charge in [0.15, 0.2) is 5.84 Å². The summed E-state index contributed by atoms with van der Waals surface area (Å²) in [7, 11) is 0. The number of nitrogens with two attached hydrogens (primary N) is 1. The molecule has 0 aromatic heterocycles. The molecule has 3 N–H and O–H groups in total. The van der Waals surface area contributed by atoms with E-state index in [0.29, 0.717) is 6.04 Å². The number of amidine groups is 1. The Balaban J connectivity index is 2.42. The van der Waals surface area contributed by atoms with Gasteiger partial charge >= 0.3 is 0 Å². The van der Waals surface area contributed by atoms with Gasteiger partial charge < -0.3 is 15.8 Å². The average Bonchev–Trinajstić information content (AvgIpc) is 3.19. The lowest BCUT2D eigenvalue weighted by atomic mass is 10.1. The molecule has 18 heavy (non-hydrogen) atoms. The molecule has 0 unspecified atom stereocenters. The Morgan fingerprint density at radius 3 is 2.78 bits per heavy atom. The van der Waals surface area contributed by atoms with Crippen molar-refractivity contribution in [1.82, 2.24) is 0 Å². The first kappa shape index (κ1) is 12.7. The molecule has 0 atom stereocenters. The van der Waals surface area contributed by atoms with E-state index in [2.05, 4.69) is 30.0 Å². The van der Waals surface area contributed by atoms with E-state index in [1.165, 1.54) is 18.4 Å². The van der Waals surface area contributed by atoms with Crippen molar-refractivity contribution >= 4 is 11.5 Å². The third kappa shape index (κ3) is 2.58. The van der Waals surface area contributed by atoms with Crippen LogP contribution in [-0.4, -0.2) is 23.6 Å². The number of hydrogen-bond acceptors (Lipinski definition) is 3. The van der Waals surface area contributed by atoms with Crippen LogP contribution in [0, 0.1) is 6.92 Å². The molecule has 1 aliphatic rings. The van der Waals surface area contributed by atoms with Crippen molar-refractivity contribution in [3.8, 4) is 0 Å². The topological polar surface area (TPSA) is 61.8 Å². The lowest BCUT2D eigenvalue weighted by molar-refractivity contribution is 0.318. The van der Waals surface area contributed by atoms with Gasteiger partial charge in [-0.25, -0.2) is 0 Å². The van der Waals surface area contributed by atoms with E-state index in [1.807, 2.05) is 12.1 Å². The van der Waals surface area contributed by atoms with Gasteiger partial charge in [0.25, 0.3) is 0 Å². The van der Waals surface area contributed by atoms with E-state index >= 15 is 0 Å². The molecule has 1 saturated carbocycles. The summed E-state index contributed by atoms with van der Waals surface area (Å²) in [5.41, 5.74) is 8.88. The Bertz CT molecular complexity index is 452. The molecule has 1 aliphatic carbocycles. The predicted octanol–water partition coefficient (Wildman–Crippen LogP) is 2.47. The minimum absolute atomic E-state index is 0.187. The van der Waals surface area contributed by atoms with Gasteiger partial charge in [0.05, 0.1) is 0 Å². The Labute approximate surface area is 108 Å². The third-order valence-electron chi connectivity index (χ3n) is 3.30. The van der Waals surface area contributed by atoms with Crippen molar-refractivity contribution < 1.29 is 5.21 Å². The van der Waals surface area contributed by atoms with Crippen LogP contribution in [0.2, 0.25) is 0 Å². The molecule has 0 spiro atoms. The Kier molecular flexibility index (Phi) is 3.75. The SMILES string of the molecule is CCCN(c1cc(C)ccc1/C(N)=N/O)C1CC1. The van der Waals surface area contributed by atoms with Crippen LogP contribution >= 0.6 is 0 Å². The van der Waals surface area contributed by atoms with Gasteiger partial charge in [-0.3, -0.25) is 0 Å². The van der Waals surface area contributed by atoms with Crippen LogP contribution in [-0.2, 0) is 0 Å². The molecule has 1 fully saturated rings. The van der Waals surface area contributed by atoms with Crippen LogP contribution in [0.4, 0.5) is 5.69 Å². The number of rotatable bonds is 5. The smallest absolute Gasteiger partial charge is 0.172 e. The highest BCUT2D eigenvalue weighted by Gasteiger charge is 2.30. The zero-order valence-corrected chi connectivity index (χ0v) is 11.1. The van der Waals surface area contributed by atoms with Crippen molar-refractivity contribution in [2.75, 3.05) is 11.4 Å². The van der Waals surface area contributed by atoms with Gasteiger partial charge in [0.1, 0.15) is 0 Å². The van der Waals surface area contributed by atoms with Gasteiger partial charge in [-0.2, -0.15) is 0 Å². The third-order valence-corrected chi connectivity index (χ3v) is 3.30. The summed E-state index contributed by atoms with van der Waals surface area (Å²) >= 11 is 0. The summed E-state index contributed by atoms with van der Waals surface area (Å²) in [5.74, 6) is 0.187. The van der Waals surface area contributed by atoms with E-state index in [1.54, 1.807) is 0 Å². The van der Waals surface area contributed by atoms with Gasteiger partial charge in [0.2, 0.25) is 0 Å². The van der Waals surface area contributed by atoms with E-state index in [4.69, 9.17) is 10.9 Å². The highest BCUT2D eigenvalue weighted by molar-refractivity contribution is 6.02. The van der Waals surface area contributed by atoms with Crippen molar-refractivity contribution in [2.45, 2.75) is 39.2 Å². The van der Waals surface area contributed by atoms with Crippen LogP contribution < -0.4 is 10.6 Å². The van der Waals surface area contributed by atoms with Crippen molar-refractivity contribution in [3.63, 3.8) is 0 Å². The molecule has 2 rings (SSSR count). The lowest BCUT2D eigenvalue weighted by Crippen LogP contribution is -2.29. The summed E-state index contributed by atoms with van der Waals surface area (Å²) in [4.78, 5) is 2.39. The van der Waals surface area contributed by atoms with Crippen molar-refractivity contribution in [3.05, 3.63) is 29.3 Å². The maximum atomic E-state index is 8.89. The van der Waals surface area contributed by atoms with E-state index in [-0.39, 0.29) is 5.84 Å². The fourth-order valence-corrected chi connectivity index (χ4v) is 2.28. The second-order valence-electron chi connectivity index (χ2n) is 4.93. The van der Waals surface area contributed by atoms with Gasteiger partial charge in [0, 0.05) is 23.8 Å². The molecule has 0 aliphatic heterocycles. The molecule has 0 heterocycles. The van der Waals surface area contributed by atoms with E-state index in [0.717, 1.165) is 24.2 Å². The van der Waals surface area contributed by atoms with Crippen molar-refractivity contribution in [1.29, 1.82) is 0 Å². The number of oxime groups is 1. The molecule has 0 radical (unpaired) electrons. The van der Waals surface area contributed by atoms with E-state index < -0.39 is 0 Å². The fourth-order valence-electron chi connectivity index (χ4n) is 2.28. The van der Waals surface area contributed by atoms with Crippen molar-refractivity contribution in [2.24, 2.45) is 10.9 Å². The first-order valence-electron chi connectivity index (χ1n) is 6.52. The number of anilines is 1. The Morgan fingerprint density at radius 1 is 1.50 bits per heavy atom. The number of benzene rings is 1. The summed E-state index contributed by atoms with van der Waals surface area (Å²) in [6.45, 7) is 5.25. The van der Waals surface area contributed by atoms with E-state index in [9.17, 15) is 0 Å². The Morgan fingerprint density at radius 2 is 2.22 bits per heavy atom. The largest absolute Gasteiger partial charge is 0.409 e. The first-order valence-corrected chi connectivity index (χ1v) is 6.52. The molecule has 4 nitrogen and oxygen atoms in total. The summed E-state index contributed by atoms with van der Waals surface area (Å²) in [6.07, 6.45) is 3.58. The molecule has 0 bridgehead atoms. The second kappa shape index (κ2) is 5.29. The molecule has 0 saturated heterocycles. The summed E-state index contributed by atoms with van der Waals surface area (Å²) in [6, 6.07) is 6.68. The average molecular weight is 247 g/mol. The maximum Gasteiger partial charge on any atom is 0.172 e. The monoisotopic (exact) mass is 247 g/mol. The molecule has 1 aromatic rings. The minimum atomic E-state index is 0.187. The van der Waals surface area contributed by atoms with Gasteiger partial charge in [-0.15, -0.1) is 0 Å². The zero-order chi connectivity index (χ0) is 13.1. The molecular formula is C14H21N3O. The number of hydrogen-bond donors (Lipinski definition) is 2. The summed E-state index contributed by atoms with van der Waals surface area (Å²) in [5, 5.41) is 12.0. The zero-order valence-electron chi connectivity index (χ0n) is 11.1. The Hall–Kier alpha value is -1.71. The van der Waals surface area contributed by atoms with Gasteiger partial charge in [-0.1, -0.05) is 18.1 Å². The van der Waals surface area contributed by atoms with Crippen LogP contribution in [0.25, 0.3) is 0 Å². The molecule has 4 heteroatoms. The quantitative estimate of drug-likeness (QED) is 0.363. The normalized spacial score (nSPS) is 15.8. The molecule has 98 valence electrons. The second-order valence-corrected chi connectivity index (χ2v) is 4.93. The summed E-state index contributed by atoms with van der Waals surface area (Å²) < 4.78 is 0. The van der Waals surface area contributed by atoms with Crippen LogP contribution in [0.1, 0.15) is 37.3 Å². The molecule has 1 aromatic carbocycles. The minimum Gasteiger partial charge on any atom is -0.409 e. The fraction of sp³-hybridized carbons (Fsp3) is 0.500. The maximum absolute atomic E-state index is 8.89. The molecule has 0 amide bonds. The van der Waals surface area contributed by atoms with Crippen LogP contribution in [0.3, 0.4) is 0 Å². The predicted molar refractivity (Wildman–Crippen MR) is 74.3 cm³/mol. The highest BCUT2D eigenvalue weighted by atomic mass is 16.4. The standard InChI is InChI=1S/C14H21N3O/c1-3-8-17(11-5-6-11)13-9-10(2)4-7-12(13)14(15)16-18/h4,7,9,11,18H,3,5-6,8H2,1-2H3,(H2,15,16). The molecular weight excluding hydrogens is 226 g/mol. The van der Waals surface area contributed by atoms with Crippen LogP contribution in [0.15, 0.2) is 23.4 Å². The number of aryl methyl sites for hydroxylation is 1. The first-order chi connectivity index (χ1) is 8.67. The van der Waals surface area contributed by atoms with Crippen LogP contribution in [0.5, 0.6) is 0 Å². The lowest BCUT2D eigenvalue weighted by Gasteiger charge is -2.26. The number of nitrogens with zero attached hydrogens (tertiary/aromatic N) is 2. The highest BCUT2D eigenvalue weighted by Crippen LogP contribution is 2.34. The van der Waals surface area contributed by atoms with Gasteiger partial charge in [-0.05, 0) is 43.9 Å².